The van der Waals surface area contributed by atoms with Gasteiger partial charge in [-0.25, -0.2) is 9.79 Å². The van der Waals surface area contributed by atoms with Crippen molar-refractivity contribution in [1.82, 2.24) is 4.57 Å². The van der Waals surface area contributed by atoms with Crippen LogP contribution in [0.15, 0.2) is 62.4 Å². The Morgan fingerprint density at radius 1 is 1.04 bits per heavy atom. The zero-order valence-electron chi connectivity index (χ0n) is 28.2. The lowest BCUT2D eigenvalue weighted by molar-refractivity contribution is -0.140. The second kappa shape index (κ2) is 13.1. The summed E-state index contributed by atoms with van der Waals surface area (Å²) in [6.07, 6.45) is 3.88. The summed E-state index contributed by atoms with van der Waals surface area (Å²) in [7, 11) is 0. The molecule has 0 radical (unpaired) electrons. The molecule has 0 fully saturated rings. The maximum atomic E-state index is 14.3. The van der Waals surface area contributed by atoms with Crippen molar-refractivity contribution in [2.45, 2.75) is 91.0 Å². The highest BCUT2D eigenvalue weighted by Crippen LogP contribution is 2.41. The van der Waals surface area contributed by atoms with Crippen LogP contribution in [0.1, 0.15) is 97.5 Å². The number of nitrogens with zero attached hydrogens (tertiary/aromatic N) is 2. The number of aromatic nitrogens is 1. The van der Waals surface area contributed by atoms with Crippen LogP contribution in [-0.2, 0) is 25.2 Å². The van der Waals surface area contributed by atoms with E-state index in [4.69, 9.17) is 14.5 Å². The first-order chi connectivity index (χ1) is 20.9. The van der Waals surface area contributed by atoms with Crippen LogP contribution in [0.2, 0.25) is 0 Å². The second-order valence-electron chi connectivity index (χ2n) is 13.9. The van der Waals surface area contributed by atoms with Gasteiger partial charge in [0.1, 0.15) is 5.75 Å². The molecule has 2 aromatic carbocycles. The number of benzene rings is 2. The summed E-state index contributed by atoms with van der Waals surface area (Å²) >= 11 is 2.92. The highest BCUT2D eigenvalue weighted by atomic mass is 32.2. The summed E-state index contributed by atoms with van der Waals surface area (Å²) in [6, 6.07) is 11.2. The zero-order valence-corrected chi connectivity index (χ0v) is 29.8. The predicted molar refractivity (Wildman–Crippen MR) is 183 cm³/mol. The van der Waals surface area contributed by atoms with Crippen molar-refractivity contribution in [3.63, 3.8) is 0 Å². The van der Waals surface area contributed by atoms with E-state index in [0.717, 1.165) is 27.1 Å². The molecule has 1 atom stereocenters. The standard InChI is InChI=1S/C36H44N2O5S2/c1-20(2)19-42-33(41)29-21(3)37-34-38(30(29)24-12-14-25(44-11)15-13-24)32(40)28(45-34)18-23-16-26(35(5,6)7)31(43-22(4)39)27(17-23)36(8,9)10/h12-18,20,30H,19H2,1-11H3. The Labute approximate surface area is 274 Å². The minimum atomic E-state index is -0.680. The van der Waals surface area contributed by atoms with Crippen molar-refractivity contribution in [3.05, 3.63) is 89.6 Å². The van der Waals surface area contributed by atoms with Gasteiger partial charge in [0.25, 0.3) is 5.56 Å². The van der Waals surface area contributed by atoms with Crippen LogP contribution in [0.3, 0.4) is 0 Å². The zero-order chi connectivity index (χ0) is 33.4. The van der Waals surface area contributed by atoms with Gasteiger partial charge in [-0.15, -0.1) is 11.8 Å². The topological polar surface area (TPSA) is 87.0 Å². The number of ether oxygens (including phenoxy) is 2. The number of hydrogen-bond acceptors (Lipinski definition) is 8. The third-order valence-corrected chi connectivity index (χ3v) is 9.22. The molecular weight excluding hydrogens is 605 g/mol. The number of rotatable bonds is 7. The van der Waals surface area contributed by atoms with Gasteiger partial charge in [-0.05, 0) is 71.4 Å². The van der Waals surface area contributed by atoms with E-state index >= 15 is 0 Å². The molecule has 0 bridgehead atoms. The number of allylic oxidation sites excluding steroid dienone is 1. The van der Waals surface area contributed by atoms with Crippen molar-refractivity contribution >= 4 is 41.1 Å². The Kier molecular flexibility index (Phi) is 10.0. The lowest BCUT2D eigenvalue weighted by Gasteiger charge is -2.29. The third kappa shape index (κ3) is 7.52. The summed E-state index contributed by atoms with van der Waals surface area (Å²) < 4.78 is 13.6. The van der Waals surface area contributed by atoms with E-state index in [0.29, 0.717) is 26.4 Å². The van der Waals surface area contributed by atoms with E-state index in [9.17, 15) is 14.4 Å². The van der Waals surface area contributed by atoms with Crippen LogP contribution < -0.4 is 19.6 Å². The molecule has 0 saturated carbocycles. The molecule has 2 heterocycles. The van der Waals surface area contributed by atoms with E-state index in [-0.39, 0.29) is 34.9 Å². The SMILES string of the molecule is CSc1ccc(C2C(C(=O)OCC(C)C)=C(C)N=c3sc(=Cc4cc(C(C)(C)C)c(OC(C)=O)c(C(C)(C)C)c4)c(=O)n32)cc1. The van der Waals surface area contributed by atoms with Crippen molar-refractivity contribution in [3.8, 4) is 5.75 Å². The Morgan fingerprint density at radius 3 is 2.11 bits per heavy atom. The van der Waals surface area contributed by atoms with Gasteiger partial charge in [0.15, 0.2) is 4.80 Å². The molecule has 0 aliphatic carbocycles. The Bertz CT molecular complexity index is 1800. The number of carbonyl (C=O) groups is 2. The summed E-state index contributed by atoms with van der Waals surface area (Å²) in [5, 5.41) is 0. The molecule has 7 nitrogen and oxygen atoms in total. The average molecular weight is 649 g/mol. The Morgan fingerprint density at radius 2 is 1.62 bits per heavy atom. The molecule has 3 aromatic rings. The van der Waals surface area contributed by atoms with Gasteiger partial charge in [0, 0.05) is 22.9 Å². The molecule has 0 saturated heterocycles. The first-order valence-corrected chi connectivity index (χ1v) is 17.2. The maximum absolute atomic E-state index is 14.3. The smallest absolute Gasteiger partial charge is 0.338 e. The molecule has 1 aromatic heterocycles. The third-order valence-electron chi connectivity index (χ3n) is 7.49. The van der Waals surface area contributed by atoms with Crippen molar-refractivity contribution in [1.29, 1.82) is 0 Å². The Balaban J connectivity index is 1.98. The fourth-order valence-electron chi connectivity index (χ4n) is 5.26. The second-order valence-corrected chi connectivity index (χ2v) is 15.8. The van der Waals surface area contributed by atoms with Gasteiger partial charge in [0.2, 0.25) is 0 Å². The van der Waals surface area contributed by atoms with Crippen LogP contribution in [-0.4, -0.2) is 29.4 Å². The molecule has 1 aliphatic rings. The van der Waals surface area contributed by atoms with Crippen LogP contribution in [0.4, 0.5) is 0 Å². The lowest BCUT2D eigenvalue weighted by Crippen LogP contribution is -2.40. The molecule has 9 heteroatoms. The van der Waals surface area contributed by atoms with E-state index in [1.165, 1.54) is 18.3 Å². The monoisotopic (exact) mass is 648 g/mol. The summed E-state index contributed by atoms with van der Waals surface area (Å²) in [5.74, 6) is -0.117. The number of carbonyl (C=O) groups excluding carboxylic acids is 2. The largest absolute Gasteiger partial charge is 0.462 e. The molecule has 0 N–H and O–H groups in total. The van der Waals surface area contributed by atoms with Crippen LogP contribution >= 0.6 is 23.1 Å². The maximum Gasteiger partial charge on any atom is 0.338 e. The predicted octanol–water partition coefficient (Wildman–Crippen LogP) is 6.68. The molecule has 0 amide bonds. The van der Waals surface area contributed by atoms with Crippen molar-refractivity contribution < 1.29 is 19.1 Å². The lowest BCUT2D eigenvalue weighted by atomic mass is 9.78. The minimum Gasteiger partial charge on any atom is -0.462 e. The summed E-state index contributed by atoms with van der Waals surface area (Å²) in [4.78, 5) is 46.3. The number of thiazole rings is 1. The highest BCUT2D eigenvalue weighted by Gasteiger charge is 2.34. The van der Waals surface area contributed by atoms with Crippen LogP contribution in [0.25, 0.3) is 6.08 Å². The van der Waals surface area contributed by atoms with E-state index in [1.807, 2.05) is 62.6 Å². The fraction of sp³-hybridized carbons (Fsp3) is 0.444. The van der Waals surface area contributed by atoms with Gasteiger partial charge < -0.3 is 9.47 Å². The van der Waals surface area contributed by atoms with Gasteiger partial charge in [-0.2, -0.15) is 0 Å². The molecule has 45 heavy (non-hydrogen) atoms. The number of fused-ring (bicyclic) bond motifs is 1. The minimum absolute atomic E-state index is 0.165. The summed E-state index contributed by atoms with van der Waals surface area (Å²) in [6.45, 7) is 19.9. The van der Waals surface area contributed by atoms with Crippen molar-refractivity contribution in [2.24, 2.45) is 10.9 Å². The van der Waals surface area contributed by atoms with Crippen LogP contribution in [0.5, 0.6) is 5.75 Å². The number of esters is 2. The average Bonchev–Trinajstić information content (AvgIpc) is 3.24. The Hall–Kier alpha value is -3.43. The van der Waals surface area contributed by atoms with Crippen molar-refractivity contribution in [2.75, 3.05) is 12.9 Å². The molecule has 1 aliphatic heterocycles. The van der Waals surface area contributed by atoms with Gasteiger partial charge in [-0.1, -0.05) is 78.9 Å². The van der Waals surface area contributed by atoms with Gasteiger partial charge >= 0.3 is 11.9 Å². The molecule has 4 rings (SSSR count). The van der Waals surface area contributed by atoms with Crippen LogP contribution in [0, 0.1) is 5.92 Å². The molecule has 1 unspecified atom stereocenters. The van der Waals surface area contributed by atoms with E-state index < -0.39 is 12.0 Å². The normalized spacial score (nSPS) is 15.6. The number of thioether (sulfide) groups is 1. The van der Waals surface area contributed by atoms with Gasteiger partial charge in [0.05, 0.1) is 28.5 Å². The van der Waals surface area contributed by atoms with E-state index in [1.54, 1.807) is 23.3 Å². The van der Waals surface area contributed by atoms with Gasteiger partial charge in [-0.3, -0.25) is 14.2 Å². The summed E-state index contributed by atoms with van der Waals surface area (Å²) in [5.41, 5.74) is 3.36. The molecule has 0 spiro atoms. The molecular formula is C36H44N2O5S2. The fourth-order valence-corrected chi connectivity index (χ4v) is 6.71. The number of hydrogen-bond donors (Lipinski definition) is 0. The quantitative estimate of drug-likeness (QED) is 0.162. The molecule has 240 valence electrons. The highest BCUT2D eigenvalue weighted by molar-refractivity contribution is 7.98. The van der Waals surface area contributed by atoms with E-state index in [2.05, 4.69) is 41.5 Å². The first-order valence-electron chi connectivity index (χ1n) is 15.1. The first kappa shape index (κ1) is 34.4.